The van der Waals surface area contributed by atoms with Crippen LogP contribution in [-0.2, 0) is 17.5 Å². The number of anilines is 1. The summed E-state index contributed by atoms with van der Waals surface area (Å²) in [5.41, 5.74) is 1.06. The summed E-state index contributed by atoms with van der Waals surface area (Å²) in [6.07, 6.45) is -3.15. The third kappa shape index (κ3) is 7.92. The fourth-order valence-corrected chi connectivity index (χ4v) is 5.70. The first-order valence-corrected chi connectivity index (χ1v) is 13.8. The highest BCUT2D eigenvalue weighted by Crippen LogP contribution is 2.37. The lowest BCUT2D eigenvalue weighted by molar-refractivity contribution is -0.137. The number of alkyl halides is 3. The highest BCUT2D eigenvalue weighted by Gasteiger charge is 2.31. The number of nitrogens with zero attached hydrogens (tertiary/aromatic N) is 3. The van der Waals surface area contributed by atoms with Crippen LogP contribution in [0.5, 0.6) is 5.75 Å². The van der Waals surface area contributed by atoms with Gasteiger partial charge in [0.2, 0.25) is 5.91 Å². The zero-order valence-corrected chi connectivity index (χ0v) is 23.1. The Bertz CT molecular complexity index is 1250. The summed E-state index contributed by atoms with van der Waals surface area (Å²) in [4.78, 5) is 21.0. The number of para-hydroxylation sites is 1. The highest BCUT2D eigenvalue weighted by atomic mass is 32.2. The molecule has 1 aliphatic rings. The third-order valence-electron chi connectivity index (χ3n) is 6.87. The molecule has 1 fully saturated rings. The molecule has 0 N–H and O–H groups in total. The first kappa shape index (κ1) is 28.8. The Labute approximate surface area is 232 Å². The number of benzene rings is 3. The van der Waals surface area contributed by atoms with E-state index < -0.39 is 11.7 Å². The van der Waals surface area contributed by atoms with Crippen molar-refractivity contribution in [3.63, 3.8) is 0 Å². The molecule has 0 spiro atoms. The zero-order valence-electron chi connectivity index (χ0n) is 22.3. The second kappa shape index (κ2) is 13.3. The average Bonchev–Trinajstić information content (AvgIpc) is 2.94. The molecular formula is C30H34F3N3O2S. The van der Waals surface area contributed by atoms with E-state index in [0.29, 0.717) is 31.7 Å². The van der Waals surface area contributed by atoms with Crippen molar-refractivity contribution >= 4 is 23.4 Å². The van der Waals surface area contributed by atoms with E-state index in [4.69, 9.17) is 4.74 Å². The number of rotatable bonds is 10. The van der Waals surface area contributed by atoms with Crippen molar-refractivity contribution in [3.05, 3.63) is 83.9 Å². The summed E-state index contributed by atoms with van der Waals surface area (Å²) in [7, 11) is 3.49. The van der Waals surface area contributed by atoms with Crippen molar-refractivity contribution in [2.75, 3.05) is 51.8 Å². The average molecular weight is 558 g/mol. The summed E-state index contributed by atoms with van der Waals surface area (Å²) >= 11 is 1.63. The zero-order chi connectivity index (χ0) is 27.8. The van der Waals surface area contributed by atoms with Gasteiger partial charge in [-0.15, -0.1) is 0 Å². The predicted octanol–water partition coefficient (Wildman–Crippen LogP) is 6.43. The van der Waals surface area contributed by atoms with Crippen LogP contribution < -0.4 is 9.64 Å². The lowest BCUT2D eigenvalue weighted by Crippen LogP contribution is -2.46. The van der Waals surface area contributed by atoms with Gasteiger partial charge in [-0.25, -0.2) is 0 Å². The second-order valence-corrected chi connectivity index (χ2v) is 10.7. The highest BCUT2D eigenvalue weighted by molar-refractivity contribution is 7.99. The van der Waals surface area contributed by atoms with Crippen molar-refractivity contribution < 1.29 is 22.7 Å². The maximum atomic E-state index is 13.1. The topological polar surface area (TPSA) is 36.0 Å². The number of methoxy groups -OCH3 is 1. The largest absolute Gasteiger partial charge is 0.496 e. The lowest BCUT2D eigenvalue weighted by atomic mass is 10.1. The van der Waals surface area contributed by atoms with Gasteiger partial charge >= 0.3 is 6.18 Å². The van der Waals surface area contributed by atoms with Crippen LogP contribution in [0.4, 0.5) is 18.9 Å². The second-order valence-electron chi connectivity index (χ2n) is 9.59. The molecule has 1 aliphatic heterocycles. The summed E-state index contributed by atoms with van der Waals surface area (Å²) in [6.45, 7) is 4.15. The Morgan fingerprint density at radius 2 is 1.64 bits per heavy atom. The molecule has 0 saturated carbocycles. The Morgan fingerprint density at radius 3 is 2.36 bits per heavy atom. The maximum absolute atomic E-state index is 13.1. The molecule has 0 atom stereocenters. The summed E-state index contributed by atoms with van der Waals surface area (Å²) in [6, 6.07) is 21.5. The van der Waals surface area contributed by atoms with E-state index in [0.717, 1.165) is 53.2 Å². The normalized spacial score (nSPS) is 14.3. The van der Waals surface area contributed by atoms with Gasteiger partial charge in [0.15, 0.2) is 0 Å². The standard InChI is InChI=1S/C30H34F3N3O2S/c1-34(22-23-9-3-5-13-27(23)39-28-14-6-4-12-26(28)38-2)29(37)15-8-16-35-17-19-36(20-18-35)25-11-7-10-24(21-25)30(31,32)33/h3-7,9-14,21H,8,15-20,22H2,1-2H3. The summed E-state index contributed by atoms with van der Waals surface area (Å²) < 4.78 is 44.6. The molecule has 0 unspecified atom stereocenters. The van der Waals surface area contributed by atoms with Crippen molar-refractivity contribution in [2.24, 2.45) is 0 Å². The molecule has 1 saturated heterocycles. The van der Waals surface area contributed by atoms with E-state index in [1.807, 2.05) is 54.4 Å². The number of halogens is 3. The Morgan fingerprint density at radius 1 is 0.949 bits per heavy atom. The van der Waals surface area contributed by atoms with Gasteiger partial charge in [0, 0.05) is 56.8 Å². The van der Waals surface area contributed by atoms with Gasteiger partial charge in [-0.05, 0) is 54.9 Å². The van der Waals surface area contributed by atoms with Crippen LogP contribution in [0.1, 0.15) is 24.0 Å². The quantitative estimate of drug-likeness (QED) is 0.287. The molecule has 5 nitrogen and oxygen atoms in total. The third-order valence-corrected chi connectivity index (χ3v) is 8.05. The molecule has 0 aliphatic carbocycles. The molecule has 9 heteroatoms. The predicted molar refractivity (Wildman–Crippen MR) is 149 cm³/mol. The number of ether oxygens (including phenoxy) is 1. The Balaban J connectivity index is 1.23. The number of carbonyl (C=O) groups is 1. The number of amides is 1. The smallest absolute Gasteiger partial charge is 0.416 e. The molecule has 4 rings (SSSR count). The molecule has 3 aromatic carbocycles. The van der Waals surface area contributed by atoms with Gasteiger partial charge in [0.05, 0.1) is 17.6 Å². The van der Waals surface area contributed by atoms with Gasteiger partial charge in [0.1, 0.15) is 5.75 Å². The molecular weight excluding hydrogens is 523 g/mol. The van der Waals surface area contributed by atoms with Crippen LogP contribution in [0.2, 0.25) is 0 Å². The molecule has 3 aromatic rings. The minimum Gasteiger partial charge on any atom is -0.496 e. The Kier molecular flexibility index (Phi) is 9.80. The number of piperazine rings is 1. The minimum absolute atomic E-state index is 0.0923. The molecule has 39 heavy (non-hydrogen) atoms. The maximum Gasteiger partial charge on any atom is 0.416 e. The van der Waals surface area contributed by atoms with Crippen LogP contribution in [0.3, 0.4) is 0 Å². The molecule has 0 radical (unpaired) electrons. The van der Waals surface area contributed by atoms with Crippen LogP contribution in [0.15, 0.2) is 82.6 Å². The minimum atomic E-state index is -4.34. The van der Waals surface area contributed by atoms with Gasteiger partial charge in [-0.2, -0.15) is 13.2 Å². The van der Waals surface area contributed by atoms with Crippen LogP contribution in [-0.4, -0.2) is 62.6 Å². The van der Waals surface area contributed by atoms with E-state index in [-0.39, 0.29) is 5.91 Å². The summed E-state index contributed by atoms with van der Waals surface area (Å²) in [5.74, 6) is 0.909. The van der Waals surface area contributed by atoms with Crippen molar-refractivity contribution in [2.45, 2.75) is 35.4 Å². The van der Waals surface area contributed by atoms with Crippen LogP contribution in [0, 0.1) is 0 Å². The van der Waals surface area contributed by atoms with Gasteiger partial charge in [0.25, 0.3) is 0 Å². The number of hydrogen-bond acceptors (Lipinski definition) is 5. The molecule has 0 bridgehead atoms. The fourth-order valence-electron chi connectivity index (χ4n) is 4.65. The summed E-state index contributed by atoms with van der Waals surface area (Å²) in [5, 5.41) is 0. The monoisotopic (exact) mass is 557 g/mol. The van der Waals surface area contributed by atoms with E-state index in [1.165, 1.54) is 12.1 Å². The fraction of sp³-hybridized carbons (Fsp3) is 0.367. The van der Waals surface area contributed by atoms with E-state index in [1.54, 1.807) is 29.8 Å². The molecule has 1 heterocycles. The van der Waals surface area contributed by atoms with Crippen molar-refractivity contribution in [3.8, 4) is 5.75 Å². The molecule has 208 valence electrons. The molecule has 1 amide bonds. The van der Waals surface area contributed by atoms with E-state index in [9.17, 15) is 18.0 Å². The SMILES string of the molecule is COc1ccccc1Sc1ccccc1CN(C)C(=O)CCCN1CCN(c2cccc(C(F)(F)F)c2)CC1. The number of carbonyl (C=O) groups excluding carboxylic acids is 1. The number of hydrogen-bond donors (Lipinski definition) is 0. The first-order chi connectivity index (χ1) is 18.7. The van der Waals surface area contributed by atoms with Crippen LogP contribution >= 0.6 is 11.8 Å². The van der Waals surface area contributed by atoms with Gasteiger partial charge in [-0.1, -0.05) is 48.2 Å². The van der Waals surface area contributed by atoms with Crippen molar-refractivity contribution in [1.29, 1.82) is 0 Å². The van der Waals surface area contributed by atoms with Crippen molar-refractivity contribution in [1.82, 2.24) is 9.80 Å². The van der Waals surface area contributed by atoms with Gasteiger partial charge in [-0.3, -0.25) is 9.69 Å². The Hall–Kier alpha value is -3.17. The van der Waals surface area contributed by atoms with Gasteiger partial charge < -0.3 is 14.5 Å². The van der Waals surface area contributed by atoms with Crippen LogP contribution in [0.25, 0.3) is 0 Å². The van der Waals surface area contributed by atoms with E-state index in [2.05, 4.69) is 11.0 Å². The first-order valence-electron chi connectivity index (χ1n) is 13.0. The van der Waals surface area contributed by atoms with E-state index >= 15 is 0 Å². The molecule has 0 aromatic heterocycles. The lowest BCUT2D eigenvalue weighted by Gasteiger charge is -2.36.